The molecule has 40 heavy (non-hydrogen) atoms. The normalized spacial score (nSPS) is 17.1. The van der Waals surface area contributed by atoms with Gasteiger partial charge in [-0.1, -0.05) is 6.07 Å². The van der Waals surface area contributed by atoms with Crippen LogP contribution in [0.25, 0.3) is 0 Å². The van der Waals surface area contributed by atoms with Crippen LogP contribution in [0.3, 0.4) is 0 Å². The fourth-order valence-corrected chi connectivity index (χ4v) is 4.45. The summed E-state index contributed by atoms with van der Waals surface area (Å²) in [6.07, 6.45) is -3.36. The minimum Gasteiger partial charge on any atom is -0.497 e. The number of nitrogens with one attached hydrogen (secondary N) is 1. The number of aromatic nitrogens is 1. The standard InChI is InChI=1S/C27H25F4N3O6/c1-38-13-12-33-11-3-4-22(25(33)36)34-15-20(19-10-9-18(39-2)14-21(19)28)23(26(34)37)32-24(35)16-5-7-17(8-6-16)40-27(29,30)31/h3-11,14,20,23H,12-13,15H2,1-2H3,(H,32,35)/t20-,23?/m0/s1. The van der Waals surface area contributed by atoms with Crippen LogP contribution in [0, 0.1) is 5.82 Å². The highest BCUT2D eigenvalue weighted by molar-refractivity contribution is 6.05. The van der Waals surface area contributed by atoms with Gasteiger partial charge in [0.15, 0.2) is 0 Å². The highest BCUT2D eigenvalue weighted by atomic mass is 19.4. The second-order valence-corrected chi connectivity index (χ2v) is 8.85. The van der Waals surface area contributed by atoms with Crippen LogP contribution in [0.5, 0.6) is 11.5 Å². The minimum atomic E-state index is -4.90. The average Bonchev–Trinajstić information content (AvgIpc) is 3.22. The molecule has 1 aliphatic rings. The number of pyridine rings is 1. The van der Waals surface area contributed by atoms with Crippen molar-refractivity contribution in [1.82, 2.24) is 9.88 Å². The van der Waals surface area contributed by atoms with Gasteiger partial charge in [0.2, 0.25) is 5.91 Å². The van der Waals surface area contributed by atoms with Crippen molar-refractivity contribution >= 4 is 17.5 Å². The van der Waals surface area contributed by atoms with Crippen molar-refractivity contribution < 1.29 is 41.4 Å². The van der Waals surface area contributed by atoms with E-state index >= 15 is 4.39 Å². The van der Waals surface area contributed by atoms with Crippen molar-refractivity contribution in [2.75, 3.05) is 32.3 Å². The smallest absolute Gasteiger partial charge is 0.497 e. The lowest BCUT2D eigenvalue weighted by Gasteiger charge is -2.19. The molecule has 9 nitrogen and oxygen atoms in total. The summed E-state index contributed by atoms with van der Waals surface area (Å²) in [6, 6.07) is 9.92. The Hall–Kier alpha value is -4.39. The van der Waals surface area contributed by atoms with Crippen molar-refractivity contribution in [2.45, 2.75) is 24.9 Å². The van der Waals surface area contributed by atoms with E-state index in [2.05, 4.69) is 10.1 Å². The fraction of sp³-hybridized carbons (Fsp3) is 0.296. The molecular weight excluding hydrogens is 538 g/mol. The quantitative estimate of drug-likeness (QED) is 0.401. The van der Waals surface area contributed by atoms with Gasteiger partial charge in [0, 0.05) is 43.9 Å². The van der Waals surface area contributed by atoms with Crippen LogP contribution in [-0.2, 0) is 16.1 Å². The average molecular weight is 564 g/mol. The van der Waals surface area contributed by atoms with Crippen LogP contribution >= 0.6 is 0 Å². The van der Waals surface area contributed by atoms with Gasteiger partial charge in [0.25, 0.3) is 11.5 Å². The van der Waals surface area contributed by atoms with Gasteiger partial charge in [-0.2, -0.15) is 0 Å². The maximum Gasteiger partial charge on any atom is 0.573 e. The van der Waals surface area contributed by atoms with E-state index in [1.165, 1.54) is 48.1 Å². The van der Waals surface area contributed by atoms with Crippen molar-refractivity contribution in [3.63, 3.8) is 0 Å². The van der Waals surface area contributed by atoms with E-state index in [0.717, 1.165) is 30.3 Å². The summed E-state index contributed by atoms with van der Waals surface area (Å²) in [5.41, 5.74) is -0.398. The number of ether oxygens (including phenoxy) is 3. The molecule has 0 saturated carbocycles. The van der Waals surface area contributed by atoms with Gasteiger partial charge < -0.3 is 29.0 Å². The molecule has 2 amide bonds. The molecule has 2 heterocycles. The lowest BCUT2D eigenvalue weighted by Crippen LogP contribution is -2.44. The highest BCUT2D eigenvalue weighted by Gasteiger charge is 2.44. The largest absolute Gasteiger partial charge is 0.573 e. The van der Waals surface area contributed by atoms with Gasteiger partial charge in [-0.3, -0.25) is 14.4 Å². The van der Waals surface area contributed by atoms with Gasteiger partial charge in [0.05, 0.1) is 13.7 Å². The Labute approximate surface area is 225 Å². The summed E-state index contributed by atoms with van der Waals surface area (Å²) in [4.78, 5) is 41.0. The van der Waals surface area contributed by atoms with Gasteiger partial charge in [-0.15, -0.1) is 13.2 Å². The Balaban J connectivity index is 1.67. The molecule has 13 heteroatoms. The van der Waals surface area contributed by atoms with E-state index in [1.807, 2.05) is 0 Å². The number of halogens is 4. The molecule has 0 radical (unpaired) electrons. The maximum atomic E-state index is 15.1. The molecule has 0 aliphatic carbocycles. The second kappa shape index (κ2) is 11.8. The second-order valence-electron chi connectivity index (χ2n) is 8.85. The summed E-state index contributed by atoms with van der Waals surface area (Å²) in [6.45, 7) is 0.355. The van der Waals surface area contributed by atoms with Gasteiger partial charge in [-0.25, -0.2) is 4.39 Å². The number of carbonyl (C=O) groups excluding carboxylic acids is 2. The monoisotopic (exact) mass is 563 g/mol. The number of carbonyl (C=O) groups is 2. The lowest BCUT2D eigenvalue weighted by atomic mass is 9.93. The van der Waals surface area contributed by atoms with E-state index in [9.17, 15) is 27.6 Å². The van der Waals surface area contributed by atoms with E-state index in [-0.39, 0.29) is 42.3 Å². The van der Waals surface area contributed by atoms with Crippen molar-refractivity contribution in [3.05, 3.63) is 88.1 Å². The molecule has 1 aromatic heterocycles. The van der Waals surface area contributed by atoms with Crippen LogP contribution in [0.1, 0.15) is 21.8 Å². The minimum absolute atomic E-state index is 0.0351. The SMILES string of the molecule is COCCn1cccc(N2C[C@@H](c3ccc(OC)cc3F)C(NC(=O)c3ccc(OC(F)(F)F)cc3)C2=O)c1=O. The molecule has 1 fully saturated rings. The van der Waals surface area contributed by atoms with Crippen LogP contribution < -0.4 is 25.2 Å². The van der Waals surface area contributed by atoms with E-state index in [1.54, 1.807) is 6.07 Å². The molecule has 1 saturated heterocycles. The molecule has 1 aliphatic heterocycles. The number of rotatable bonds is 9. The number of hydrogen-bond donors (Lipinski definition) is 1. The Morgan fingerprint density at radius 3 is 2.38 bits per heavy atom. The number of alkyl halides is 3. The van der Waals surface area contributed by atoms with Crippen LogP contribution in [0.2, 0.25) is 0 Å². The molecule has 2 atom stereocenters. The number of hydrogen-bond acceptors (Lipinski definition) is 6. The number of nitrogens with zero attached hydrogens (tertiary/aromatic N) is 2. The fourth-order valence-electron chi connectivity index (χ4n) is 4.45. The topological polar surface area (TPSA) is 99.1 Å². The number of amides is 2. The van der Waals surface area contributed by atoms with Gasteiger partial charge in [-0.05, 0) is 48.0 Å². The first kappa shape index (κ1) is 28.6. The van der Waals surface area contributed by atoms with Crippen molar-refractivity contribution in [2.24, 2.45) is 0 Å². The third-order valence-corrected chi connectivity index (χ3v) is 6.38. The van der Waals surface area contributed by atoms with Gasteiger partial charge >= 0.3 is 6.36 Å². The molecule has 3 aromatic rings. The number of anilines is 1. The highest BCUT2D eigenvalue weighted by Crippen LogP contribution is 2.34. The zero-order valence-electron chi connectivity index (χ0n) is 21.4. The summed E-state index contributed by atoms with van der Waals surface area (Å²) in [7, 11) is 2.85. The Kier molecular flexibility index (Phi) is 8.43. The number of benzene rings is 2. The molecule has 0 bridgehead atoms. The Morgan fingerprint density at radius 1 is 1.05 bits per heavy atom. The van der Waals surface area contributed by atoms with Crippen LogP contribution in [-0.4, -0.2) is 56.2 Å². The number of methoxy groups -OCH3 is 2. The van der Waals surface area contributed by atoms with E-state index < -0.39 is 47.3 Å². The first-order chi connectivity index (χ1) is 19.0. The zero-order valence-corrected chi connectivity index (χ0v) is 21.4. The van der Waals surface area contributed by atoms with Crippen molar-refractivity contribution in [3.8, 4) is 11.5 Å². The Morgan fingerprint density at radius 2 is 1.75 bits per heavy atom. The molecule has 4 rings (SSSR count). The molecular formula is C27H25F4N3O6. The summed E-state index contributed by atoms with van der Waals surface area (Å²) >= 11 is 0. The Bertz CT molecular complexity index is 1440. The van der Waals surface area contributed by atoms with Crippen LogP contribution in [0.4, 0.5) is 23.2 Å². The third kappa shape index (κ3) is 6.25. The van der Waals surface area contributed by atoms with Crippen molar-refractivity contribution in [1.29, 1.82) is 0 Å². The first-order valence-electron chi connectivity index (χ1n) is 12.0. The zero-order chi connectivity index (χ0) is 29.0. The molecule has 1 N–H and O–H groups in total. The predicted octanol–water partition coefficient (Wildman–Crippen LogP) is 3.47. The lowest BCUT2D eigenvalue weighted by molar-refractivity contribution is -0.274. The van der Waals surface area contributed by atoms with Gasteiger partial charge in [0.1, 0.15) is 29.0 Å². The molecule has 212 valence electrons. The van der Waals surface area contributed by atoms with E-state index in [4.69, 9.17) is 9.47 Å². The van der Waals surface area contributed by atoms with Crippen LogP contribution in [0.15, 0.2) is 65.6 Å². The molecule has 0 spiro atoms. The van der Waals surface area contributed by atoms with E-state index in [0.29, 0.717) is 0 Å². The summed E-state index contributed by atoms with van der Waals surface area (Å²) in [5, 5.41) is 2.57. The summed E-state index contributed by atoms with van der Waals surface area (Å²) < 4.78 is 67.8. The summed E-state index contributed by atoms with van der Waals surface area (Å²) in [5.74, 6) is -3.33. The third-order valence-electron chi connectivity index (χ3n) is 6.38. The maximum absolute atomic E-state index is 15.1. The predicted molar refractivity (Wildman–Crippen MR) is 135 cm³/mol. The molecule has 2 aromatic carbocycles. The molecule has 1 unspecified atom stereocenters. The first-order valence-corrected chi connectivity index (χ1v) is 12.0.